The summed E-state index contributed by atoms with van der Waals surface area (Å²) in [5.41, 5.74) is -5.75. The van der Waals surface area contributed by atoms with Crippen molar-refractivity contribution in [3.63, 3.8) is 0 Å². The van der Waals surface area contributed by atoms with Gasteiger partial charge in [-0.15, -0.1) is 0 Å². The second-order valence-corrected chi connectivity index (χ2v) is 13.9. The Morgan fingerprint density at radius 1 is 1.14 bits per heavy atom. The van der Waals surface area contributed by atoms with Crippen molar-refractivity contribution in [2.24, 2.45) is 40.4 Å². The maximum Gasteiger partial charge on any atom is 0.509 e. The van der Waals surface area contributed by atoms with Gasteiger partial charge < -0.3 is 19.3 Å². The molecule has 0 heterocycles. The molecule has 0 aromatic carbocycles. The Labute approximate surface area is 247 Å². The molecule has 8 nitrogen and oxygen atoms in total. The van der Waals surface area contributed by atoms with Crippen molar-refractivity contribution in [1.82, 2.24) is 0 Å². The highest BCUT2D eigenvalue weighted by atomic mass is 19.1. The Balaban J connectivity index is 1.51. The number of esters is 1. The van der Waals surface area contributed by atoms with Gasteiger partial charge in [-0.2, -0.15) is 5.26 Å². The van der Waals surface area contributed by atoms with Gasteiger partial charge in [-0.1, -0.05) is 45.8 Å². The van der Waals surface area contributed by atoms with Crippen LogP contribution in [-0.2, 0) is 23.8 Å². The second kappa shape index (κ2) is 10.8. The molecule has 0 aliphatic heterocycles. The first-order valence-electron chi connectivity index (χ1n) is 15.5. The van der Waals surface area contributed by atoms with Crippen LogP contribution in [0.2, 0.25) is 0 Å². The van der Waals surface area contributed by atoms with Gasteiger partial charge in [-0.25, -0.2) is 14.0 Å². The van der Waals surface area contributed by atoms with Gasteiger partial charge in [0.25, 0.3) is 0 Å². The Bertz CT molecular complexity index is 1230. The zero-order chi connectivity index (χ0) is 30.7. The van der Waals surface area contributed by atoms with Crippen LogP contribution in [0.4, 0.5) is 9.18 Å². The minimum Gasteiger partial charge on any atom is -0.447 e. The number of carbonyl (C=O) groups is 3. The summed E-state index contributed by atoms with van der Waals surface area (Å²) in [6.45, 7) is 8.87. The number of fused-ring (bicyclic) bond motifs is 5. The highest BCUT2D eigenvalue weighted by Gasteiger charge is 2.78. The summed E-state index contributed by atoms with van der Waals surface area (Å²) in [6.07, 6.45) is 6.54. The number of nitrogens with zero attached hydrogens (tertiary/aromatic N) is 1. The van der Waals surface area contributed by atoms with E-state index in [1.54, 1.807) is 26.8 Å². The van der Waals surface area contributed by atoms with E-state index in [4.69, 9.17) is 14.2 Å². The highest BCUT2D eigenvalue weighted by molar-refractivity contribution is 6.01. The number of allylic oxidation sites excluding steroid dienone is 4. The fourth-order valence-corrected chi connectivity index (χ4v) is 9.77. The predicted octanol–water partition coefficient (Wildman–Crippen LogP) is 5.78. The Morgan fingerprint density at radius 3 is 2.48 bits per heavy atom. The molecule has 5 rings (SSSR count). The topological polar surface area (TPSA) is 123 Å². The van der Waals surface area contributed by atoms with Crippen molar-refractivity contribution < 1.29 is 38.1 Å². The van der Waals surface area contributed by atoms with Crippen molar-refractivity contribution in [2.45, 2.75) is 109 Å². The first-order valence-corrected chi connectivity index (χ1v) is 15.5. The lowest BCUT2D eigenvalue weighted by Gasteiger charge is -2.63. The van der Waals surface area contributed by atoms with Gasteiger partial charge in [0, 0.05) is 22.7 Å². The molecule has 0 radical (unpaired) electrons. The molecule has 230 valence electrons. The fourth-order valence-electron chi connectivity index (χ4n) is 9.77. The van der Waals surface area contributed by atoms with Crippen molar-refractivity contribution in [3.05, 3.63) is 23.8 Å². The highest BCUT2D eigenvalue weighted by Crippen LogP contribution is 2.72. The number of alkyl halides is 1. The van der Waals surface area contributed by atoms with Crippen LogP contribution in [0.1, 0.15) is 86.0 Å². The molecule has 4 fully saturated rings. The summed E-state index contributed by atoms with van der Waals surface area (Å²) >= 11 is 0. The Kier molecular flexibility index (Phi) is 7.87. The molecule has 0 aromatic rings. The number of carbonyl (C=O) groups excluding carboxylic acids is 3. The van der Waals surface area contributed by atoms with Crippen LogP contribution in [0.3, 0.4) is 0 Å². The summed E-state index contributed by atoms with van der Waals surface area (Å²) in [6, 6.07) is 1.81. The number of hydrogen-bond donors (Lipinski definition) is 1. The lowest BCUT2D eigenvalue weighted by molar-refractivity contribution is -0.233. The molecule has 42 heavy (non-hydrogen) atoms. The average molecular weight is 586 g/mol. The van der Waals surface area contributed by atoms with Crippen LogP contribution in [0, 0.1) is 51.8 Å². The number of ether oxygens (including phenoxy) is 3. The lowest BCUT2D eigenvalue weighted by Crippen LogP contribution is -2.70. The molecule has 0 spiro atoms. The summed E-state index contributed by atoms with van der Waals surface area (Å²) in [5, 5.41) is 20.9. The molecule has 0 bridgehead atoms. The standard InChI is InChI=1S/C33H44FNO7/c1-6-21-7-9-23(10-8-21)41-29(39)42-33(28(38)40-14-13-35)20(3)16-25-26-15-19(2)24-17-22(36)11-12-30(24,4)32(26,34)27(37)18-31(25,33)5/h11-12,17,19-21,23,25-27,37H,6-10,14-16,18H2,1-5H3/t19-,20+,21?,23?,25-,26-,27-,30-,31-,32-,33-/m0/s1. The Morgan fingerprint density at radius 2 is 1.83 bits per heavy atom. The number of rotatable bonds is 5. The molecule has 1 N–H and O–H groups in total. The zero-order valence-electron chi connectivity index (χ0n) is 25.4. The lowest BCUT2D eigenvalue weighted by atomic mass is 9.43. The molecule has 5 aliphatic carbocycles. The van der Waals surface area contributed by atoms with Gasteiger partial charge in [-0.3, -0.25) is 4.79 Å². The summed E-state index contributed by atoms with van der Waals surface area (Å²) < 4.78 is 34.9. The van der Waals surface area contributed by atoms with Crippen LogP contribution in [0.25, 0.3) is 0 Å². The smallest absolute Gasteiger partial charge is 0.447 e. The molecule has 0 amide bonds. The molecular formula is C33H44FNO7. The number of aliphatic hydroxyl groups is 1. The SMILES string of the molecule is CCC1CCC(OC(=O)O[C@]2(C(=O)OCC#N)[C@H](C)C[C@H]3[C@@H]4C[C@H](C)C5=CC(=O)C=C[C@]5(C)[C@@]4(F)[C@@H](O)C[C@@]32C)CC1. The van der Waals surface area contributed by atoms with Crippen molar-refractivity contribution >= 4 is 17.9 Å². The van der Waals surface area contributed by atoms with E-state index in [9.17, 15) is 24.8 Å². The normalized spacial score (nSPS) is 45.9. The maximum atomic E-state index is 17.7. The number of ketones is 1. The fraction of sp³-hybridized carbons (Fsp3) is 0.758. The molecule has 4 saturated carbocycles. The van der Waals surface area contributed by atoms with E-state index < -0.39 is 64.7 Å². The molecule has 0 unspecified atom stereocenters. The number of aliphatic hydroxyl groups excluding tert-OH is 1. The maximum absolute atomic E-state index is 17.7. The molecular weight excluding hydrogens is 541 g/mol. The van der Waals surface area contributed by atoms with E-state index in [2.05, 4.69) is 6.92 Å². The van der Waals surface area contributed by atoms with E-state index >= 15 is 4.39 Å². The molecule has 0 saturated heterocycles. The van der Waals surface area contributed by atoms with E-state index in [1.807, 2.05) is 13.0 Å². The van der Waals surface area contributed by atoms with Gasteiger partial charge in [-0.05, 0) is 81.8 Å². The third-order valence-electron chi connectivity index (χ3n) is 12.0. The molecule has 9 heteroatoms. The Hall–Kier alpha value is -2.73. The van der Waals surface area contributed by atoms with Crippen LogP contribution in [0.5, 0.6) is 0 Å². The number of nitriles is 1. The van der Waals surface area contributed by atoms with Gasteiger partial charge in [0.2, 0.25) is 5.60 Å². The largest absolute Gasteiger partial charge is 0.509 e. The monoisotopic (exact) mass is 585 g/mol. The summed E-state index contributed by atoms with van der Waals surface area (Å²) in [7, 11) is 0. The zero-order valence-corrected chi connectivity index (χ0v) is 25.4. The predicted molar refractivity (Wildman–Crippen MR) is 150 cm³/mol. The summed E-state index contributed by atoms with van der Waals surface area (Å²) in [4.78, 5) is 39.6. The third-order valence-corrected chi connectivity index (χ3v) is 12.0. The first kappa shape index (κ1) is 30.7. The number of hydrogen-bond acceptors (Lipinski definition) is 8. The van der Waals surface area contributed by atoms with E-state index in [0.29, 0.717) is 37.2 Å². The molecule has 9 atom stereocenters. The van der Waals surface area contributed by atoms with E-state index in [0.717, 1.165) is 19.3 Å². The minimum atomic E-state index is -2.11. The van der Waals surface area contributed by atoms with E-state index in [-0.39, 0.29) is 24.2 Å². The average Bonchev–Trinajstić information content (AvgIpc) is 3.17. The first-order chi connectivity index (χ1) is 19.8. The van der Waals surface area contributed by atoms with Gasteiger partial charge in [0.05, 0.1) is 6.10 Å². The molecule has 0 aromatic heterocycles. The van der Waals surface area contributed by atoms with Crippen molar-refractivity contribution in [3.8, 4) is 6.07 Å². The third kappa shape index (κ3) is 4.26. The summed E-state index contributed by atoms with van der Waals surface area (Å²) in [5.74, 6) is -2.37. The second-order valence-electron chi connectivity index (χ2n) is 13.9. The number of halogens is 1. The van der Waals surface area contributed by atoms with E-state index in [1.165, 1.54) is 12.2 Å². The van der Waals surface area contributed by atoms with Crippen LogP contribution in [-0.4, -0.2) is 53.1 Å². The van der Waals surface area contributed by atoms with Crippen LogP contribution in [0.15, 0.2) is 23.8 Å². The quantitative estimate of drug-likeness (QED) is 0.403. The van der Waals surface area contributed by atoms with Gasteiger partial charge in [0.15, 0.2) is 18.1 Å². The van der Waals surface area contributed by atoms with Gasteiger partial charge in [0.1, 0.15) is 12.2 Å². The van der Waals surface area contributed by atoms with Crippen LogP contribution >= 0.6 is 0 Å². The van der Waals surface area contributed by atoms with Crippen LogP contribution < -0.4 is 0 Å². The van der Waals surface area contributed by atoms with Crippen molar-refractivity contribution in [1.29, 1.82) is 5.26 Å². The molecule has 5 aliphatic rings. The minimum absolute atomic E-state index is 0.146. The van der Waals surface area contributed by atoms with Crippen molar-refractivity contribution in [2.75, 3.05) is 6.61 Å². The van der Waals surface area contributed by atoms with Gasteiger partial charge >= 0.3 is 12.1 Å².